The zero-order valence-electron chi connectivity index (χ0n) is 11.4. The lowest BCUT2D eigenvalue weighted by molar-refractivity contribution is -0.384. The molecular formula is C14H21ClN2O3. The Kier molecular flexibility index (Phi) is 6.91. The molecule has 1 heterocycles. The van der Waals surface area contributed by atoms with E-state index >= 15 is 0 Å². The van der Waals surface area contributed by atoms with E-state index in [1.54, 1.807) is 12.1 Å². The van der Waals surface area contributed by atoms with Crippen LogP contribution >= 0.6 is 12.4 Å². The Hall–Kier alpha value is -1.17. The molecule has 1 aromatic carbocycles. The smallest absolute Gasteiger partial charge is 0.269 e. The van der Waals surface area contributed by atoms with Gasteiger partial charge in [0.25, 0.3) is 5.69 Å². The molecule has 1 N–H and O–H groups in total. The van der Waals surface area contributed by atoms with Gasteiger partial charge in [-0.1, -0.05) is 6.42 Å². The molecular weight excluding hydrogens is 280 g/mol. The van der Waals surface area contributed by atoms with Crippen molar-refractivity contribution in [1.82, 2.24) is 4.90 Å². The number of halogens is 1. The standard InChI is InChI=1S/C14H20N2O3.ClH/c17-14(8-11-15-9-2-1-3-10-15)12-4-6-13(7-5-12)16(18)19;/h4-7,14,17H,1-3,8-11H2;1H. The third-order valence-electron chi connectivity index (χ3n) is 3.66. The SMILES string of the molecule is Cl.O=[N+]([O-])c1ccc(C(O)CCN2CCCCC2)cc1. The number of nitro groups is 1. The second-order valence-electron chi connectivity index (χ2n) is 5.06. The quantitative estimate of drug-likeness (QED) is 0.670. The Labute approximate surface area is 125 Å². The Bertz CT molecular complexity index is 419. The predicted octanol–water partition coefficient (Wildman–Crippen LogP) is 2.93. The van der Waals surface area contributed by atoms with Crippen LogP contribution in [-0.4, -0.2) is 34.6 Å². The summed E-state index contributed by atoms with van der Waals surface area (Å²) in [5.41, 5.74) is 0.814. The number of aliphatic hydroxyl groups excluding tert-OH is 1. The number of nitrogens with zero attached hydrogens (tertiary/aromatic N) is 2. The van der Waals surface area contributed by atoms with Crippen LogP contribution in [0.1, 0.15) is 37.4 Å². The van der Waals surface area contributed by atoms with Gasteiger partial charge in [0.05, 0.1) is 11.0 Å². The second kappa shape index (κ2) is 8.19. The van der Waals surface area contributed by atoms with Crippen LogP contribution in [0.3, 0.4) is 0 Å². The average molecular weight is 301 g/mol. The summed E-state index contributed by atoms with van der Waals surface area (Å²) in [7, 11) is 0. The fraction of sp³-hybridized carbons (Fsp3) is 0.571. The van der Waals surface area contributed by atoms with E-state index in [4.69, 9.17) is 0 Å². The lowest BCUT2D eigenvalue weighted by Crippen LogP contribution is -2.31. The van der Waals surface area contributed by atoms with Crippen molar-refractivity contribution < 1.29 is 10.0 Å². The van der Waals surface area contributed by atoms with Gasteiger partial charge in [-0.15, -0.1) is 12.4 Å². The summed E-state index contributed by atoms with van der Waals surface area (Å²) in [6, 6.07) is 6.16. The molecule has 0 aliphatic carbocycles. The van der Waals surface area contributed by atoms with Crippen molar-refractivity contribution in [2.45, 2.75) is 31.8 Å². The van der Waals surface area contributed by atoms with Gasteiger partial charge < -0.3 is 10.0 Å². The highest BCUT2D eigenvalue weighted by Crippen LogP contribution is 2.21. The van der Waals surface area contributed by atoms with Crippen molar-refractivity contribution >= 4 is 18.1 Å². The number of aliphatic hydroxyl groups is 1. The summed E-state index contributed by atoms with van der Waals surface area (Å²) in [6.07, 6.45) is 3.93. The maximum Gasteiger partial charge on any atom is 0.269 e. The molecule has 6 heteroatoms. The minimum Gasteiger partial charge on any atom is -0.388 e. The van der Waals surface area contributed by atoms with E-state index in [1.165, 1.54) is 31.4 Å². The highest BCUT2D eigenvalue weighted by Gasteiger charge is 2.14. The van der Waals surface area contributed by atoms with Crippen LogP contribution in [-0.2, 0) is 0 Å². The van der Waals surface area contributed by atoms with Gasteiger partial charge in [-0.2, -0.15) is 0 Å². The summed E-state index contributed by atoms with van der Waals surface area (Å²) in [6.45, 7) is 3.12. The molecule has 0 saturated carbocycles. The number of non-ortho nitro benzene ring substituents is 1. The fourth-order valence-corrected chi connectivity index (χ4v) is 2.47. The minimum absolute atomic E-state index is 0. The minimum atomic E-state index is -0.539. The summed E-state index contributed by atoms with van der Waals surface area (Å²) in [4.78, 5) is 12.5. The van der Waals surface area contributed by atoms with E-state index < -0.39 is 11.0 Å². The first-order valence-corrected chi connectivity index (χ1v) is 6.81. The number of nitro benzene ring substituents is 1. The molecule has 1 aliphatic heterocycles. The van der Waals surface area contributed by atoms with Crippen molar-refractivity contribution in [2.75, 3.05) is 19.6 Å². The molecule has 0 aromatic heterocycles. The monoisotopic (exact) mass is 300 g/mol. The van der Waals surface area contributed by atoms with Crippen molar-refractivity contribution in [1.29, 1.82) is 0 Å². The van der Waals surface area contributed by atoms with Gasteiger partial charge in [-0.3, -0.25) is 10.1 Å². The first-order valence-electron chi connectivity index (χ1n) is 6.81. The first-order chi connectivity index (χ1) is 9.16. The van der Waals surface area contributed by atoms with E-state index in [-0.39, 0.29) is 18.1 Å². The molecule has 1 aliphatic rings. The van der Waals surface area contributed by atoms with Gasteiger partial charge in [0.2, 0.25) is 0 Å². The highest BCUT2D eigenvalue weighted by atomic mass is 35.5. The van der Waals surface area contributed by atoms with Crippen molar-refractivity contribution in [3.05, 3.63) is 39.9 Å². The fourth-order valence-electron chi connectivity index (χ4n) is 2.47. The van der Waals surface area contributed by atoms with Gasteiger partial charge in [0.1, 0.15) is 0 Å². The van der Waals surface area contributed by atoms with E-state index in [0.717, 1.165) is 25.2 Å². The molecule has 1 aromatic rings. The van der Waals surface area contributed by atoms with Gasteiger partial charge in [-0.05, 0) is 50.0 Å². The van der Waals surface area contributed by atoms with E-state index in [9.17, 15) is 15.2 Å². The number of benzene rings is 1. The molecule has 0 radical (unpaired) electrons. The third-order valence-corrected chi connectivity index (χ3v) is 3.66. The number of piperidine rings is 1. The summed E-state index contributed by atoms with van der Waals surface area (Å²) in [5, 5.41) is 20.6. The van der Waals surface area contributed by atoms with Crippen LogP contribution in [0.15, 0.2) is 24.3 Å². The Balaban J connectivity index is 0.00000200. The normalized spacial score (nSPS) is 17.2. The molecule has 112 valence electrons. The molecule has 5 nitrogen and oxygen atoms in total. The van der Waals surface area contributed by atoms with E-state index in [2.05, 4.69) is 4.90 Å². The Morgan fingerprint density at radius 2 is 1.80 bits per heavy atom. The van der Waals surface area contributed by atoms with Gasteiger partial charge in [-0.25, -0.2) is 0 Å². The van der Waals surface area contributed by atoms with Gasteiger partial charge in [0, 0.05) is 18.7 Å². The first kappa shape index (κ1) is 16.9. The summed E-state index contributed by atoms with van der Waals surface area (Å²) >= 11 is 0. The lowest BCUT2D eigenvalue weighted by atomic mass is 10.0. The number of rotatable bonds is 5. The number of likely N-dealkylation sites (tertiary alicyclic amines) is 1. The van der Waals surface area contributed by atoms with Crippen LogP contribution < -0.4 is 0 Å². The predicted molar refractivity (Wildman–Crippen MR) is 80.2 cm³/mol. The van der Waals surface area contributed by atoms with Crippen molar-refractivity contribution in [2.24, 2.45) is 0 Å². The number of hydrogen-bond donors (Lipinski definition) is 1. The summed E-state index contributed by atoms with van der Waals surface area (Å²) in [5.74, 6) is 0. The molecule has 1 saturated heterocycles. The molecule has 0 bridgehead atoms. The molecule has 0 amide bonds. The Morgan fingerprint density at radius 1 is 1.20 bits per heavy atom. The number of hydrogen-bond acceptors (Lipinski definition) is 4. The molecule has 20 heavy (non-hydrogen) atoms. The third kappa shape index (κ3) is 4.74. The topological polar surface area (TPSA) is 66.6 Å². The molecule has 2 rings (SSSR count). The van der Waals surface area contributed by atoms with Crippen LogP contribution in [0.4, 0.5) is 5.69 Å². The largest absolute Gasteiger partial charge is 0.388 e. The van der Waals surface area contributed by atoms with Gasteiger partial charge >= 0.3 is 0 Å². The molecule has 1 atom stereocenters. The van der Waals surface area contributed by atoms with Crippen LogP contribution in [0, 0.1) is 10.1 Å². The maximum absolute atomic E-state index is 10.6. The zero-order valence-corrected chi connectivity index (χ0v) is 12.2. The summed E-state index contributed by atoms with van der Waals surface area (Å²) < 4.78 is 0. The zero-order chi connectivity index (χ0) is 13.7. The van der Waals surface area contributed by atoms with E-state index in [0.29, 0.717) is 6.42 Å². The lowest BCUT2D eigenvalue weighted by Gasteiger charge is -2.27. The van der Waals surface area contributed by atoms with Crippen LogP contribution in [0.5, 0.6) is 0 Å². The Morgan fingerprint density at radius 3 is 2.35 bits per heavy atom. The molecule has 1 unspecified atom stereocenters. The van der Waals surface area contributed by atoms with Crippen molar-refractivity contribution in [3.8, 4) is 0 Å². The second-order valence-corrected chi connectivity index (χ2v) is 5.06. The molecule has 0 spiro atoms. The van der Waals surface area contributed by atoms with Crippen molar-refractivity contribution in [3.63, 3.8) is 0 Å². The average Bonchev–Trinajstić information content (AvgIpc) is 2.46. The maximum atomic E-state index is 10.6. The van der Waals surface area contributed by atoms with Gasteiger partial charge in [0.15, 0.2) is 0 Å². The van der Waals surface area contributed by atoms with E-state index in [1.807, 2.05) is 0 Å². The highest BCUT2D eigenvalue weighted by molar-refractivity contribution is 5.85. The molecule has 1 fully saturated rings. The van der Waals surface area contributed by atoms with Crippen LogP contribution in [0.25, 0.3) is 0 Å². The van der Waals surface area contributed by atoms with Crippen LogP contribution in [0.2, 0.25) is 0 Å².